The lowest BCUT2D eigenvalue weighted by Gasteiger charge is -2.31. The molecule has 31 heavy (non-hydrogen) atoms. The molecule has 3 aromatic rings. The molecule has 0 fully saturated rings. The fourth-order valence-electron chi connectivity index (χ4n) is 3.72. The highest BCUT2D eigenvalue weighted by Crippen LogP contribution is 2.26. The molecule has 0 radical (unpaired) electrons. The van der Waals surface area contributed by atoms with Crippen LogP contribution >= 0.6 is 0 Å². The molecule has 7 heteroatoms. The molecule has 0 saturated heterocycles. The molecule has 160 valence electrons. The molecule has 0 unspecified atom stereocenters. The Hall–Kier alpha value is -3.32. The second kappa shape index (κ2) is 8.81. The first kappa shape index (κ1) is 20.9. The van der Waals surface area contributed by atoms with Gasteiger partial charge in [-0.2, -0.15) is 0 Å². The monoisotopic (exact) mass is 436 g/mol. The van der Waals surface area contributed by atoms with Crippen molar-refractivity contribution in [1.82, 2.24) is 4.90 Å². The Bertz CT molecular complexity index is 1160. The lowest BCUT2D eigenvalue weighted by molar-refractivity contribution is -0.130. The van der Waals surface area contributed by atoms with E-state index in [4.69, 9.17) is 4.74 Å². The van der Waals surface area contributed by atoms with Crippen LogP contribution in [0.4, 0.5) is 5.69 Å². The molecule has 1 aliphatic rings. The van der Waals surface area contributed by atoms with Crippen molar-refractivity contribution in [2.75, 3.05) is 24.5 Å². The zero-order valence-electron chi connectivity index (χ0n) is 17.3. The van der Waals surface area contributed by atoms with E-state index in [0.29, 0.717) is 24.5 Å². The number of para-hydroxylation sites is 1. The molecular weight excluding hydrogens is 412 g/mol. The average molecular weight is 437 g/mol. The molecule has 4 rings (SSSR count). The first-order valence-corrected chi connectivity index (χ1v) is 11.5. The number of methoxy groups -OCH3 is 1. The number of hydrogen-bond donors (Lipinski definition) is 0. The van der Waals surface area contributed by atoms with Crippen molar-refractivity contribution in [2.24, 2.45) is 0 Å². The number of carbonyl (C=O) groups is 1. The third-order valence-corrected chi connectivity index (χ3v) is 7.24. The zero-order valence-corrected chi connectivity index (χ0v) is 18.1. The van der Waals surface area contributed by atoms with Crippen LogP contribution in [0.5, 0.6) is 5.75 Å². The van der Waals surface area contributed by atoms with Gasteiger partial charge in [-0.05, 0) is 53.9 Å². The number of fused-ring (bicyclic) bond motifs is 1. The molecule has 3 aromatic carbocycles. The number of carbonyl (C=O) groups excluding carboxylic acids is 1. The molecule has 0 aromatic heterocycles. The van der Waals surface area contributed by atoms with E-state index in [-0.39, 0.29) is 17.3 Å². The van der Waals surface area contributed by atoms with Crippen LogP contribution in [-0.4, -0.2) is 39.4 Å². The Morgan fingerprint density at radius 1 is 0.935 bits per heavy atom. The molecular formula is C24H24N2O4S. The number of rotatable bonds is 6. The summed E-state index contributed by atoms with van der Waals surface area (Å²) in [5.41, 5.74) is 2.78. The highest BCUT2D eigenvalue weighted by atomic mass is 32.2. The lowest BCUT2D eigenvalue weighted by atomic mass is 10.00. The van der Waals surface area contributed by atoms with Gasteiger partial charge in [0, 0.05) is 13.1 Å². The van der Waals surface area contributed by atoms with Gasteiger partial charge in [0.05, 0.1) is 17.7 Å². The van der Waals surface area contributed by atoms with Crippen molar-refractivity contribution in [3.8, 4) is 5.75 Å². The van der Waals surface area contributed by atoms with Gasteiger partial charge in [-0.1, -0.05) is 42.5 Å². The maximum absolute atomic E-state index is 13.5. The Morgan fingerprint density at radius 2 is 1.58 bits per heavy atom. The van der Waals surface area contributed by atoms with Gasteiger partial charge in [0.15, 0.2) is 0 Å². The maximum atomic E-state index is 13.5. The van der Waals surface area contributed by atoms with E-state index in [1.807, 2.05) is 24.3 Å². The summed E-state index contributed by atoms with van der Waals surface area (Å²) >= 11 is 0. The van der Waals surface area contributed by atoms with Gasteiger partial charge in [-0.3, -0.25) is 9.10 Å². The zero-order chi connectivity index (χ0) is 21.8. The number of nitrogens with zero attached hydrogens (tertiary/aromatic N) is 2. The molecule has 0 saturated carbocycles. The van der Waals surface area contributed by atoms with E-state index in [9.17, 15) is 13.2 Å². The largest absolute Gasteiger partial charge is 0.497 e. The Morgan fingerprint density at radius 3 is 2.26 bits per heavy atom. The van der Waals surface area contributed by atoms with Crippen LogP contribution in [0, 0.1) is 0 Å². The van der Waals surface area contributed by atoms with Gasteiger partial charge in [-0.25, -0.2) is 8.42 Å². The van der Waals surface area contributed by atoms with Crippen LogP contribution in [0.3, 0.4) is 0 Å². The summed E-state index contributed by atoms with van der Waals surface area (Å²) in [6.45, 7) is 0.793. The third-order valence-electron chi connectivity index (χ3n) is 5.45. The molecule has 0 N–H and O–H groups in total. The van der Waals surface area contributed by atoms with Gasteiger partial charge in [0.25, 0.3) is 10.0 Å². The summed E-state index contributed by atoms with van der Waals surface area (Å²) in [4.78, 5) is 15.0. The van der Waals surface area contributed by atoms with Crippen LogP contribution in [0.1, 0.15) is 11.1 Å². The van der Waals surface area contributed by atoms with Crippen molar-refractivity contribution in [1.29, 1.82) is 0 Å². The highest BCUT2D eigenvalue weighted by molar-refractivity contribution is 7.92. The van der Waals surface area contributed by atoms with E-state index in [1.165, 1.54) is 29.1 Å². The van der Waals surface area contributed by atoms with Gasteiger partial charge < -0.3 is 9.64 Å². The minimum atomic E-state index is -3.94. The number of amides is 1. The normalized spacial score (nSPS) is 13.4. The van der Waals surface area contributed by atoms with Crippen LogP contribution in [0.15, 0.2) is 83.8 Å². The minimum absolute atomic E-state index is 0.106. The lowest BCUT2D eigenvalue weighted by Crippen LogP contribution is -2.44. The van der Waals surface area contributed by atoms with Gasteiger partial charge >= 0.3 is 0 Å². The summed E-state index contributed by atoms with van der Waals surface area (Å²) in [5.74, 6) is 0.337. The minimum Gasteiger partial charge on any atom is -0.497 e. The smallest absolute Gasteiger partial charge is 0.264 e. The number of anilines is 1. The van der Waals surface area contributed by atoms with Crippen molar-refractivity contribution in [2.45, 2.75) is 17.9 Å². The molecule has 0 spiro atoms. The van der Waals surface area contributed by atoms with Crippen molar-refractivity contribution >= 4 is 21.6 Å². The van der Waals surface area contributed by atoms with E-state index in [0.717, 1.165) is 12.0 Å². The van der Waals surface area contributed by atoms with E-state index in [2.05, 4.69) is 6.07 Å². The molecule has 1 amide bonds. The van der Waals surface area contributed by atoms with Crippen LogP contribution in [0.2, 0.25) is 0 Å². The molecule has 6 nitrogen and oxygen atoms in total. The maximum Gasteiger partial charge on any atom is 0.264 e. The molecule has 1 heterocycles. The molecule has 0 aliphatic carbocycles. The summed E-state index contributed by atoms with van der Waals surface area (Å²) in [6.07, 6.45) is 0.762. The Labute approximate surface area is 182 Å². The van der Waals surface area contributed by atoms with Crippen LogP contribution in [0.25, 0.3) is 0 Å². The topological polar surface area (TPSA) is 66.9 Å². The predicted octanol–water partition coefficient (Wildman–Crippen LogP) is 3.48. The summed E-state index contributed by atoms with van der Waals surface area (Å²) in [5, 5.41) is 0. The number of benzene rings is 3. The summed E-state index contributed by atoms with van der Waals surface area (Å²) < 4.78 is 33.2. The third kappa shape index (κ3) is 4.41. The van der Waals surface area contributed by atoms with Crippen molar-refractivity contribution < 1.29 is 17.9 Å². The fourth-order valence-corrected chi connectivity index (χ4v) is 5.13. The Balaban J connectivity index is 1.62. The van der Waals surface area contributed by atoms with E-state index >= 15 is 0 Å². The van der Waals surface area contributed by atoms with Crippen molar-refractivity contribution in [3.05, 3.63) is 90.0 Å². The van der Waals surface area contributed by atoms with Crippen LogP contribution in [-0.2, 0) is 27.8 Å². The van der Waals surface area contributed by atoms with Crippen LogP contribution < -0.4 is 9.04 Å². The van der Waals surface area contributed by atoms with E-state index < -0.39 is 10.0 Å². The second-order valence-corrected chi connectivity index (χ2v) is 9.22. The standard InChI is InChI=1S/C24H24N2O4S/c1-30-22-11-13-23(14-12-22)31(28,29)26(21-9-3-2-4-10-21)18-24(27)25-16-15-19-7-5-6-8-20(19)17-25/h2-14H,15-18H2,1H3. The first-order valence-electron chi connectivity index (χ1n) is 10.1. The van der Waals surface area contributed by atoms with Gasteiger partial charge in [-0.15, -0.1) is 0 Å². The summed E-state index contributed by atoms with van der Waals surface area (Å²) in [7, 11) is -2.42. The molecule has 0 atom stereocenters. The van der Waals surface area contributed by atoms with Gasteiger partial charge in [0.2, 0.25) is 5.91 Å². The van der Waals surface area contributed by atoms with E-state index in [1.54, 1.807) is 41.3 Å². The molecule has 0 bridgehead atoms. The quantitative estimate of drug-likeness (QED) is 0.593. The highest BCUT2D eigenvalue weighted by Gasteiger charge is 2.30. The average Bonchev–Trinajstić information content (AvgIpc) is 2.82. The van der Waals surface area contributed by atoms with Gasteiger partial charge in [0.1, 0.15) is 12.3 Å². The number of hydrogen-bond acceptors (Lipinski definition) is 4. The number of ether oxygens (including phenoxy) is 1. The van der Waals surface area contributed by atoms with Crippen molar-refractivity contribution in [3.63, 3.8) is 0 Å². The first-order chi connectivity index (χ1) is 15.0. The Kier molecular flexibility index (Phi) is 5.95. The fraction of sp³-hybridized carbons (Fsp3) is 0.208. The second-order valence-electron chi connectivity index (χ2n) is 7.36. The predicted molar refractivity (Wildman–Crippen MR) is 120 cm³/mol. The SMILES string of the molecule is COc1ccc(S(=O)(=O)N(CC(=O)N2CCc3ccccc3C2)c2ccccc2)cc1. The number of sulfonamides is 1. The molecule has 1 aliphatic heterocycles. The summed E-state index contributed by atoms with van der Waals surface area (Å²) in [6, 6.07) is 22.9.